The van der Waals surface area contributed by atoms with Crippen molar-refractivity contribution in [2.75, 3.05) is 6.54 Å². The molecule has 112 valence electrons. The number of benzene rings is 2. The van der Waals surface area contributed by atoms with E-state index in [1.54, 1.807) is 18.2 Å². The molecule has 3 aromatic rings. The molecule has 1 aromatic heterocycles. The highest BCUT2D eigenvalue weighted by Crippen LogP contribution is 2.19. The van der Waals surface area contributed by atoms with Gasteiger partial charge in [0.2, 0.25) is 0 Å². The lowest BCUT2D eigenvalue weighted by molar-refractivity contribution is 0.0937. The number of rotatable bonds is 5. The largest absolute Gasteiger partial charge is 0.467 e. The van der Waals surface area contributed by atoms with Crippen molar-refractivity contribution in [2.45, 2.75) is 12.5 Å². The highest BCUT2D eigenvalue weighted by Gasteiger charge is 2.12. The van der Waals surface area contributed by atoms with Crippen molar-refractivity contribution in [3.8, 4) is 0 Å². The van der Waals surface area contributed by atoms with E-state index in [9.17, 15) is 9.90 Å². The number of furan rings is 1. The molecule has 0 spiro atoms. The van der Waals surface area contributed by atoms with Crippen LogP contribution in [0.2, 0.25) is 0 Å². The SMILES string of the molecule is O=C(NCC[C@@H](O)c1ccco1)c1cccc2ccccc12. The minimum Gasteiger partial charge on any atom is -0.467 e. The Labute approximate surface area is 128 Å². The third kappa shape index (κ3) is 3.02. The number of hydrogen-bond acceptors (Lipinski definition) is 3. The van der Waals surface area contributed by atoms with Crippen LogP contribution in [0.1, 0.15) is 28.6 Å². The Balaban J connectivity index is 1.64. The molecule has 4 heteroatoms. The maximum Gasteiger partial charge on any atom is 0.251 e. The van der Waals surface area contributed by atoms with Gasteiger partial charge in [-0.3, -0.25) is 4.79 Å². The first-order chi connectivity index (χ1) is 10.8. The lowest BCUT2D eigenvalue weighted by Gasteiger charge is -2.10. The van der Waals surface area contributed by atoms with E-state index in [4.69, 9.17) is 4.42 Å². The van der Waals surface area contributed by atoms with Gasteiger partial charge < -0.3 is 14.8 Å². The number of aliphatic hydroxyl groups excluding tert-OH is 1. The summed E-state index contributed by atoms with van der Waals surface area (Å²) in [4.78, 5) is 12.3. The van der Waals surface area contributed by atoms with Crippen LogP contribution >= 0.6 is 0 Å². The molecule has 0 saturated carbocycles. The van der Waals surface area contributed by atoms with Gasteiger partial charge in [-0.1, -0.05) is 36.4 Å². The molecule has 22 heavy (non-hydrogen) atoms. The monoisotopic (exact) mass is 295 g/mol. The quantitative estimate of drug-likeness (QED) is 0.759. The van der Waals surface area contributed by atoms with E-state index in [1.807, 2.05) is 36.4 Å². The molecular weight excluding hydrogens is 278 g/mol. The van der Waals surface area contributed by atoms with Crippen molar-refractivity contribution in [1.29, 1.82) is 0 Å². The van der Waals surface area contributed by atoms with E-state index in [-0.39, 0.29) is 5.91 Å². The number of carbonyl (C=O) groups excluding carboxylic acids is 1. The van der Waals surface area contributed by atoms with Gasteiger partial charge in [0.1, 0.15) is 11.9 Å². The second-order valence-electron chi connectivity index (χ2n) is 5.10. The first-order valence-corrected chi connectivity index (χ1v) is 7.23. The van der Waals surface area contributed by atoms with Gasteiger partial charge in [-0.2, -0.15) is 0 Å². The van der Waals surface area contributed by atoms with Crippen molar-refractivity contribution in [3.63, 3.8) is 0 Å². The first kappa shape index (κ1) is 14.4. The normalized spacial score (nSPS) is 12.2. The molecule has 0 saturated heterocycles. The first-order valence-electron chi connectivity index (χ1n) is 7.23. The Morgan fingerprint density at radius 1 is 1.09 bits per heavy atom. The lowest BCUT2D eigenvalue weighted by Crippen LogP contribution is -2.25. The van der Waals surface area contributed by atoms with E-state index >= 15 is 0 Å². The number of hydrogen-bond donors (Lipinski definition) is 2. The second kappa shape index (κ2) is 6.45. The predicted octanol–water partition coefficient (Wildman–Crippen LogP) is 3.29. The molecule has 1 amide bonds. The van der Waals surface area contributed by atoms with Gasteiger partial charge >= 0.3 is 0 Å². The molecule has 2 N–H and O–H groups in total. The summed E-state index contributed by atoms with van der Waals surface area (Å²) in [7, 11) is 0. The van der Waals surface area contributed by atoms with Crippen molar-refractivity contribution in [3.05, 3.63) is 72.2 Å². The number of carbonyl (C=O) groups is 1. The fourth-order valence-electron chi connectivity index (χ4n) is 2.46. The number of amides is 1. The zero-order valence-corrected chi connectivity index (χ0v) is 12.0. The van der Waals surface area contributed by atoms with E-state index < -0.39 is 6.10 Å². The van der Waals surface area contributed by atoms with E-state index in [1.165, 1.54) is 6.26 Å². The molecule has 1 heterocycles. The summed E-state index contributed by atoms with van der Waals surface area (Å²) in [5.74, 6) is 0.378. The average molecular weight is 295 g/mol. The maximum absolute atomic E-state index is 12.3. The van der Waals surface area contributed by atoms with Gasteiger partial charge in [0.05, 0.1) is 6.26 Å². The Morgan fingerprint density at radius 3 is 2.73 bits per heavy atom. The third-order valence-corrected chi connectivity index (χ3v) is 3.61. The molecule has 3 rings (SSSR count). The fourth-order valence-corrected chi connectivity index (χ4v) is 2.46. The molecule has 0 aliphatic heterocycles. The summed E-state index contributed by atoms with van der Waals surface area (Å²) < 4.78 is 5.13. The molecule has 0 fully saturated rings. The summed E-state index contributed by atoms with van der Waals surface area (Å²) in [6.45, 7) is 0.379. The number of fused-ring (bicyclic) bond motifs is 1. The van der Waals surface area contributed by atoms with Crippen LogP contribution in [-0.4, -0.2) is 17.6 Å². The highest BCUT2D eigenvalue weighted by atomic mass is 16.4. The molecule has 0 unspecified atom stereocenters. The average Bonchev–Trinajstić information content (AvgIpc) is 3.08. The van der Waals surface area contributed by atoms with E-state index in [0.717, 1.165) is 10.8 Å². The summed E-state index contributed by atoms with van der Waals surface area (Å²) in [6, 6.07) is 16.9. The number of aliphatic hydroxyl groups is 1. The number of nitrogens with one attached hydrogen (secondary N) is 1. The van der Waals surface area contributed by atoms with Crippen molar-refractivity contribution >= 4 is 16.7 Å². The van der Waals surface area contributed by atoms with Gasteiger partial charge in [-0.05, 0) is 35.4 Å². The Kier molecular flexibility index (Phi) is 4.21. The van der Waals surface area contributed by atoms with Crippen LogP contribution in [0.25, 0.3) is 10.8 Å². The van der Waals surface area contributed by atoms with Crippen LogP contribution in [0.4, 0.5) is 0 Å². The van der Waals surface area contributed by atoms with Crippen LogP contribution in [-0.2, 0) is 0 Å². The van der Waals surface area contributed by atoms with Crippen LogP contribution in [0.15, 0.2) is 65.3 Å². The lowest BCUT2D eigenvalue weighted by atomic mass is 10.0. The highest BCUT2D eigenvalue weighted by molar-refractivity contribution is 6.06. The summed E-state index contributed by atoms with van der Waals surface area (Å²) in [5, 5.41) is 14.7. The zero-order valence-electron chi connectivity index (χ0n) is 12.0. The standard InChI is InChI=1S/C18H17NO3/c20-16(17-9-4-12-22-17)10-11-19-18(21)15-8-3-6-13-5-1-2-7-14(13)15/h1-9,12,16,20H,10-11H2,(H,19,21)/t16-/m1/s1. The van der Waals surface area contributed by atoms with Crippen molar-refractivity contribution in [1.82, 2.24) is 5.32 Å². The summed E-state index contributed by atoms with van der Waals surface area (Å²) >= 11 is 0. The van der Waals surface area contributed by atoms with Gasteiger partial charge in [0, 0.05) is 12.1 Å². The summed E-state index contributed by atoms with van der Waals surface area (Å²) in [6.07, 6.45) is 1.22. The van der Waals surface area contributed by atoms with Crippen LogP contribution < -0.4 is 5.32 Å². The second-order valence-corrected chi connectivity index (χ2v) is 5.10. The molecule has 0 radical (unpaired) electrons. The Hall–Kier alpha value is -2.59. The molecule has 1 atom stereocenters. The third-order valence-electron chi connectivity index (χ3n) is 3.61. The Bertz CT molecular complexity index is 760. The zero-order chi connectivity index (χ0) is 15.4. The van der Waals surface area contributed by atoms with Crippen LogP contribution in [0.5, 0.6) is 0 Å². The minimum absolute atomic E-state index is 0.136. The van der Waals surface area contributed by atoms with Gasteiger partial charge in [0.15, 0.2) is 0 Å². The smallest absolute Gasteiger partial charge is 0.251 e. The minimum atomic E-state index is -0.706. The van der Waals surface area contributed by atoms with Crippen molar-refractivity contribution < 1.29 is 14.3 Å². The van der Waals surface area contributed by atoms with Gasteiger partial charge in [-0.25, -0.2) is 0 Å². The van der Waals surface area contributed by atoms with Gasteiger partial charge in [0.25, 0.3) is 5.91 Å². The fraction of sp³-hybridized carbons (Fsp3) is 0.167. The molecular formula is C18H17NO3. The predicted molar refractivity (Wildman–Crippen MR) is 84.6 cm³/mol. The van der Waals surface area contributed by atoms with E-state index in [0.29, 0.717) is 24.3 Å². The maximum atomic E-state index is 12.3. The molecule has 4 nitrogen and oxygen atoms in total. The molecule has 0 bridgehead atoms. The van der Waals surface area contributed by atoms with Crippen LogP contribution in [0, 0.1) is 0 Å². The van der Waals surface area contributed by atoms with E-state index in [2.05, 4.69) is 5.32 Å². The van der Waals surface area contributed by atoms with Crippen LogP contribution in [0.3, 0.4) is 0 Å². The molecule has 0 aliphatic rings. The van der Waals surface area contributed by atoms with Crippen molar-refractivity contribution in [2.24, 2.45) is 0 Å². The summed E-state index contributed by atoms with van der Waals surface area (Å²) in [5.41, 5.74) is 0.644. The Morgan fingerprint density at radius 2 is 1.91 bits per heavy atom. The molecule has 0 aliphatic carbocycles. The molecule has 2 aromatic carbocycles. The topological polar surface area (TPSA) is 62.5 Å². The van der Waals surface area contributed by atoms with Gasteiger partial charge in [-0.15, -0.1) is 0 Å².